The second-order valence-electron chi connectivity index (χ2n) is 3.25. The average molecular weight is 196 g/mol. The summed E-state index contributed by atoms with van der Waals surface area (Å²) >= 11 is 0. The van der Waals surface area contributed by atoms with Crippen molar-refractivity contribution < 1.29 is 9.90 Å². The molecule has 0 aliphatic rings. The Morgan fingerprint density at radius 1 is 1.14 bits per heavy atom. The van der Waals surface area contributed by atoms with Crippen molar-refractivity contribution in [2.75, 3.05) is 0 Å². The van der Waals surface area contributed by atoms with Crippen molar-refractivity contribution in [3.05, 3.63) is 24.3 Å². The maximum Gasteiger partial charge on any atom is 0.303 e. The third-order valence-corrected chi connectivity index (χ3v) is 1.82. The Morgan fingerprint density at radius 2 is 1.79 bits per heavy atom. The molecule has 2 nitrogen and oxygen atoms in total. The van der Waals surface area contributed by atoms with E-state index in [1.54, 1.807) is 0 Å². The number of hydrogen-bond donors (Lipinski definition) is 1. The minimum absolute atomic E-state index is 0.274. The molecule has 0 saturated heterocycles. The first-order valence-corrected chi connectivity index (χ1v) is 5.29. The van der Waals surface area contributed by atoms with E-state index >= 15 is 0 Å². The van der Waals surface area contributed by atoms with E-state index in [1.807, 2.05) is 0 Å². The summed E-state index contributed by atoms with van der Waals surface area (Å²) in [6, 6.07) is 0. The fourth-order valence-electron chi connectivity index (χ4n) is 1.04. The van der Waals surface area contributed by atoms with E-state index in [2.05, 4.69) is 31.2 Å². The van der Waals surface area contributed by atoms with E-state index in [0.717, 1.165) is 25.7 Å². The molecule has 0 rings (SSSR count). The molecule has 2 heteroatoms. The quantitative estimate of drug-likeness (QED) is 0.476. The first kappa shape index (κ1) is 12.9. The number of aliphatic carboxylic acids is 1. The molecule has 0 bridgehead atoms. The van der Waals surface area contributed by atoms with E-state index < -0.39 is 5.97 Å². The number of carboxylic acid groups (broad SMARTS) is 1. The van der Waals surface area contributed by atoms with Crippen LogP contribution in [0.3, 0.4) is 0 Å². The molecule has 0 aliphatic heterocycles. The molecule has 0 fully saturated rings. The number of hydrogen-bond acceptors (Lipinski definition) is 1. The zero-order chi connectivity index (χ0) is 10.6. The highest BCUT2D eigenvalue weighted by molar-refractivity contribution is 5.66. The van der Waals surface area contributed by atoms with Gasteiger partial charge in [0.15, 0.2) is 0 Å². The third kappa shape index (κ3) is 11.0. The molecule has 1 N–H and O–H groups in total. The van der Waals surface area contributed by atoms with Crippen molar-refractivity contribution in [3.63, 3.8) is 0 Å². The van der Waals surface area contributed by atoms with Gasteiger partial charge in [-0.15, -0.1) is 0 Å². The first-order valence-electron chi connectivity index (χ1n) is 5.29. The molecule has 0 aliphatic carbocycles. The van der Waals surface area contributed by atoms with E-state index in [4.69, 9.17) is 5.11 Å². The maximum absolute atomic E-state index is 10.2. The van der Waals surface area contributed by atoms with Gasteiger partial charge in [0.1, 0.15) is 0 Å². The van der Waals surface area contributed by atoms with Gasteiger partial charge < -0.3 is 5.11 Å². The molecular formula is C12H20O2. The molecule has 0 saturated carbocycles. The van der Waals surface area contributed by atoms with Crippen LogP contribution in [0.1, 0.15) is 45.4 Å². The van der Waals surface area contributed by atoms with E-state index in [0.29, 0.717) is 0 Å². The second-order valence-corrected chi connectivity index (χ2v) is 3.25. The van der Waals surface area contributed by atoms with Crippen molar-refractivity contribution in [1.82, 2.24) is 0 Å². The lowest BCUT2D eigenvalue weighted by molar-refractivity contribution is -0.137. The normalized spacial score (nSPS) is 11.5. The molecule has 0 aromatic rings. The molecule has 0 aromatic heterocycles. The monoisotopic (exact) mass is 196 g/mol. The van der Waals surface area contributed by atoms with Gasteiger partial charge >= 0.3 is 5.97 Å². The van der Waals surface area contributed by atoms with Crippen molar-refractivity contribution in [1.29, 1.82) is 0 Å². The van der Waals surface area contributed by atoms with Crippen LogP contribution < -0.4 is 0 Å². The number of rotatable bonds is 8. The van der Waals surface area contributed by atoms with Gasteiger partial charge in [-0.25, -0.2) is 0 Å². The lowest BCUT2D eigenvalue weighted by Gasteiger charge is -1.89. The summed E-state index contributed by atoms with van der Waals surface area (Å²) in [5.74, 6) is -0.707. The van der Waals surface area contributed by atoms with Crippen LogP contribution in [-0.4, -0.2) is 11.1 Å². The smallest absolute Gasteiger partial charge is 0.303 e. The Morgan fingerprint density at radius 3 is 2.36 bits per heavy atom. The largest absolute Gasteiger partial charge is 0.481 e. The van der Waals surface area contributed by atoms with Gasteiger partial charge in [0.25, 0.3) is 0 Å². The molecule has 0 heterocycles. The molecule has 0 unspecified atom stereocenters. The summed E-state index contributed by atoms with van der Waals surface area (Å²) in [6.45, 7) is 2.16. The molecule has 0 aromatic carbocycles. The molecule has 80 valence electrons. The Labute approximate surface area is 86.3 Å². The maximum atomic E-state index is 10.2. The standard InChI is InChI=1S/C12H20O2/c1-2-3-4-5-6-7-8-9-10-11-12(13)14/h4-5,7-8H,2-3,6,9-11H2,1H3,(H,13,14). The van der Waals surface area contributed by atoms with Crippen LogP contribution >= 0.6 is 0 Å². The average Bonchev–Trinajstić information content (AvgIpc) is 2.15. The Bertz CT molecular complexity index is 192. The third-order valence-electron chi connectivity index (χ3n) is 1.82. The van der Waals surface area contributed by atoms with Gasteiger partial charge in [0.2, 0.25) is 0 Å². The molecular weight excluding hydrogens is 176 g/mol. The van der Waals surface area contributed by atoms with Gasteiger partial charge in [-0.3, -0.25) is 4.79 Å². The zero-order valence-electron chi connectivity index (χ0n) is 8.91. The number of carbonyl (C=O) groups is 1. The van der Waals surface area contributed by atoms with Gasteiger partial charge in [-0.1, -0.05) is 37.6 Å². The van der Waals surface area contributed by atoms with Gasteiger partial charge in [0.05, 0.1) is 0 Å². The lowest BCUT2D eigenvalue weighted by Crippen LogP contribution is -1.92. The van der Waals surface area contributed by atoms with Crippen molar-refractivity contribution in [2.24, 2.45) is 0 Å². The SMILES string of the molecule is CCCC=CCC=CCCCC(=O)O. The highest BCUT2D eigenvalue weighted by Gasteiger charge is 1.92. The van der Waals surface area contributed by atoms with Crippen molar-refractivity contribution in [3.8, 4) is 0 Å². The fraction of sp³-hybridized carbons (Fsp3) is 0.583. The van der Waals surface area contributed by atoms with Crippen LogP contribution in [0.2, 0.25) is 0 Å². The van der Waals surface area contributed by atoms with Crippen LogP contribution in [0.4, 0.5) is 0 Å². The minimum Gasteiger partial charge on any atom is -0.481 e. The predicted molar refractivity (Wildman–Crippen MR) is 59.3 cm³/mol. The lowest BCUT2D eigenvalue weighted by atomic mass is 10.2. The molecule has 0 spiro atoms. The van der Waals surface area contributed by atoms with Crippen LogP contribution in [0.5, 0.6) is 0 Å². The topological polar surface area (TPSA) is 37.3 Å². The highest BCUT2D eigenvalue weighted by atomic mass is 16.4. The summed E-state index contributed by atoms with van der Waals surface area (Å²) in [7, 11) is 0. The zero-order valence-corrected chi connectivity index (χ0v) is 8.91. The Hall–Kier alpha value is -1.05. The summed E-state index contributed by atoms with van der Waals surface area (Å²) in [4.78, 5) is 10.2. The highest BCUT2D eigenvalue weighted by Crippen LogP contribution is 1.98. The number of allylic oxidation sites excluding steroid dienone is 4. The Kier molecular flexibility index (Phi) is 9.28. The summed E-state index contributed by atoms with van der Waals surface area (Å²) in [6.07, 6.45) is 13.7. The Balaban J connectivity index is 3.23. The van der Waals surface area contributed by atoms with Crippen LogP contribution in [0, 0.1) is 0 Å². The second kappa shape index (κ2) is 10.0. The van der Waals surface area contributed by atoms with Crippen molar-refractivity contribution >= 4 is 5.97 Å². The molecule has 0 amide bonds. The van der Waals surface area contributed by atoms with E-state index in [-0.39, 0.29) is 6.42 Å². The molecule has 14 heavy (non-hydrogen) atoms. The number of unbranched alkanes of at least 4 members (excludes halogenated alkanes) is 2. The summed E-state index contributed by atoms with van der Waals surface area (Å²) in [5, 5.41) is 8.38. The minimum atomic E-state index is -0.707. The molecule has 0 radical (unpaired) electrons. The summed E-state index contributed by atoms with van der Waals surface area (Å²) < 4.78 is 0. The van der Waals surface area contributed by atoms with Crippen LogP contribution in [0.25, 0.3) is 0 Å². The van der Waals surface area contributed by atoms with Gasteiger partial charge in [-0.05, 0) is 25.7 Å². The fourth-order valence-corrected chi connectivity index (χ4v) is 1.04. The van der Waals surface area contributed by atoms with E-state index in [9.17, 15) is 4.79 Å². The number of carboxylic acids is 1. The van der Waals surface area contributed by atoms with Crippen LogP contribution in [-0.2, 0) is 4.79 Å². The van der Waals surface area contributed by atoms with Crippen molar-refractivity contribution in [2.45, 2.75) is 45.4 Å². The van der Waals surface area contributed by atoms with Gasteiger partial charge in [0, 0.05) is 6.42 Å². The van der Waals surface area contributed by atoms with Crippen LogP contribution in [0.15, 0.2) is 24.3 Å². The summed E-state index contributed by atoms with van der Waals surface area (Å²) in [5.41, 5.74) is 0. The predicted octanol–water partition coefficient (Wildman–Crippen LogP) is 3.54. The van der Waals surface area contributed by atoms with E-state index in [1.165, 1.54) is 6.42 Å². The first-order chi connectivity index (χ1) is 6.77. The van der Waals surface area contributed by atoms with Gasteiger partial charge in [-0.2, -0.15) is 0 Å². The molecule has 0 atom stereocenters.